The quantitative estimate of drug-likeness (QED) is 0.501. The second-order valence-corrected chi connectivity index (χ2v) is 7.41. The molecule has 1 saturated heterocycles. The standard InChI is InChI=1S/C22H25N5O4/c1-30-13-11-24-19-17(4-2-10-23-19)20-25-21(31-26-20)18-5-3-12-27(18)14-15-6-8-16(9-7-15)22(28)29/h2,4,6-10,18H,3,5,11-14H2,1H3,(H,23,24)(H,28,29). The fraction of sp³-hybridized carbons (Fsp3) is 0.364. The first-order chi connectivity index (χ1) is 15.2. The number of carboxylic acids is 1. The number of aromatic carboxylic acids is 1. The predicted octanol–water partition coefficient (Wildman–Crippen LogP) is 3.23. The van der Waals surface area contributed by atoms with Gasteiger partial charge in [-0.1, -0.05) is 17.3 Å². The van der Waals surface area contributed by atoms with Gasteiger partial charge < -0.3 is 19.7 Å². The number of nitrogens with one attached hydrogen (secondary N) is 1. The summed E-state index contributed by atoms with van der Waals surface area (Å²) in [5.74, 6) is 0.853. The van der Waals surface area contributed by atoms with E-state index in [-0.39, 0.29) is 11.6 Å². The van der Waals surface area contributed by atoms with Crippen LogP contribution in [0.3, 0.4) is 0 Å². The molecule has 9 nitrogen and oxygen atoms in total. The Bertz CT molecular complexity index is 1020. The van der Waals surface area contributed by atoms with Crippen molar-refractivity contribution < 1.29 is 19.2 Å². The fourth-order valence-corrected chi connectivity index (χ4v) is 3.76. The minimum absolute atomic E-state index is 0.0296. The molecule has 0 spiro atoms. The largest absolute Gasteiger partial charge is 0.478 e. The van der Waals surface area contributed by atoms with Gasteiger partial charge in [-0.25, -0.2) is 9.78 Å². The molecule has 1 fully saturated rings. The minimum Gasteiger partial charge on any atom is -0.478 e. The highest BCUT2D eigenvalue weighted by Gasteiger charge is 2.31. The maximum atomic E-state index is 11.1. The lowest BCUT2D eigenvalue weighted by Gasteiger charge is -2.21. The zero-order valence-electron chi connectivity index (χ0n) is 17.3. The normalized spacial score (nSPS) is 16.5. The van der Waals surface area contributed by atoms with Gasteiger partial charge in [-0.05, 0) is 49.2 Å². The van der Waals surface area contributed by atoms with Crippen molar-refractivity contribution in [3.8, 4) is 11.4 Å². The van der Waals surface area contributed by atoms with Gasteiger partial charge in [0.05, 0.1) is 23.8 Å². The zero-order chi connectivity index (χ0) is 21.6. The molecule has 4 rings (SSSR count). The molecule has 1 aliphatic rings. The lowest BCUT2D eigenvalue weighted by atomic mass is 10.1. The molecule has 2 aromatic heterocycles. The average Bonchev–Trinajstić information content (AvgIpc) is 3.44. The van der Waals surface area contributed by atoms with Crippen LogP contribution in [0.5, 0.6) is 0 Å². The Kier molecular flexibility index (Phi) is 6.54. The van der Waals surface area contributed by atoms with Gasteiger partial charge in [-0.2, -0.15) is 4.98 Å². The van der Waals surface area contributed by atoms with E-state index in [1.165, 1.54) is 0 Å². The van der Waals surface area contributed by atoms with Crippen molar-refractivity contribution in [1.82, 2.24) is 20.0 Å². The molecular formula is C22H25N5O4. The maximum Gasteiger partial charge on any atom is 0.335 e. The SMILES string of the molecule is COCCNc1ncccc1-c1noc(C2CCCN2Cc2ccc(C(=O)O)cc2)n1. The Morgan fingerprint density at radius 1 is 1.32 bits per heavy atom. The molecule has 0 radical (unpaired) electrons. The van der Waals surface area contributed by atoms with Crippen molar-refractivity contribution in [1.29, 1.82) is 0 Å². The van der Waals surface area contributed by atoms with Gasteiger partial charge in [0.2, 0.25) is 11.7 Å². The summed E-state index contributed by atoms with van der Waals surface area (Å²) in [4.78, 5) is 22.4. The van der Waals surface area contributed by atoms with Crippen molar-refractivity contribution in [3.05, 3.63) is 59.6 Å². The third-order valence-electron chi connectivity index (χ3n) is 5.32. The zero-order valence-corrected chi connectivity index (χ0v) is 17.3. The first-order valence-electron chi connectivity index (χ1n) is 10.2. The summed E-state index contributed by atoms with van der Waals surface area (Å²) in [7, 11) is 1.65. The third-order valence-corrected chi connectivity index (χ3v) is 5.32. The molecule has 0 amide bonds. The molecule has 31 heavy (non-hydrogen) atoms. The van der Waals surface area contributed by atoms with Crippen LogP contribution < -0.4 is 5.32 Å². The van der Waals surface area contributed by atoms with Crippen LogP contribution in [-0.2, 0) is 11.3 Å². The molecule has 3 heterocycles. The molecule has 0 bridgehead atoms. The number of rotatable bonds is 9. The van der Waals surface area contributed by atoms with Crippen LogP contribution in [0.4, 0.5) is 5.82 Å². The number of methoxy groups -OCH3 is 1. The smallest absolute Gasteiger partial charge is 0.335 e. The number of carboxylic acid groups (broad SMARTS) is 1. The van der Waals surface area contributed by atoms with E-state index in [0.29, 0.717) is 37.2 Å². The first-order valence-corrected chi connectivity index (χ1v) is 10.2. The third kappa shape index (κ3) is 4.89. The monoisotopic (exact) mass is 423 g/mol. The highest BCUT2D eigenvalue weighted by molar-refractivity contribution is 5.87. The molecule has 3 aromatic rings. The molecular weight excluding hydrogens is 398 g/mol. The summed E-state index contributed by atoms with van der Waals surface area (Å²) in [6, 6.07) is 10.8. The predicted molar refractivity (Wildman–Crippen MR) is 114 cm³/mol. The summed E-state index contributed by atoms with van der Waals surface area (Å²) in [6.07, 6.45) is 3.68. The van der Waals surface area contributed by atoms with E-state index < -0.39 is 5.97 Å². The molecule has 0 aliphatic carbocycles. The maximum absolute atomic E-state index is 11.1. The molecule has 1 aromatic carbocycles. The number of ether oxygens (including phenoxy) is 1. The van der Waals surface area contributed by atoms with Crippen LogP contribution in [0.15, 0.2) is 47.1 Å². The van der Waals surface area contributed by atoms with Gasteiger partial charge in [-0.3, -0.25) is 4.90 Å². The highest BCUT2D eigenvalue weighted by Crippen LogP contribution is 2.34. The van der Waals surface area contributed by atoms with Crippen LogP contribution in [-0.4, -0.2) is 57.9 Å². The Morgan fingerprint density at radius 3 is 2.94 bits per heavy atom. The number of pyridine rings is 1. The number of nitrogens with zero attached hydrogens (tertiary/aromatic N) is 4. The summed E-state index contributed by atoms with van der Waals surface area (Å²) < 4.78 is 10.7. The van der Waals surface area contributed by atoms with Gasteiger partial charge >= 0.3 is 5.97 Å². The van der Waals surface area contributed by atoms with Crippen LogP contribution >= 0.6 is 0 Å². The molecule has 9 heteroatoms. The molecule has 0 saturated carbocycles. The van der Waals surface area contributed by atoms with Crippen molar-refractivity contribution in [2.24, 2.45) is 0 Å². The fourth-order valence-electron chi connectivity index (χ4n) is 3.76. The van der Waals surface area contributed by atoms with E-state index in [0.717, 1.165) is 30.5 Å². The molecule has 162 valence electrons. The van der Waals surface area contributed by atoms with Gasteiger partial charge in [0.15, 0.2) is 0 Å². The van der Waals surface area contributed by atoms with E-state index in [1.54, 1.807) is 25.4 Å². The summed E-state index contributed by atoms with van der Waals surface area (Å²) in [5, 5.41) is 16.5. The molecule has 2 N–H and O–H groups in total. The van der Waals surface area contributed by atoms with Crippen molar-refractivity contribution in [2.75, 3.05) is 32.1 Å². The molecule has 1 unspecified atom stereocenters. The van der Waals surface area contributed by atoms with Gasteiger partial charge in [-0.15, -0.1) is 0 Å². The Labute approximate surface area is 180 Å². The van der Waals surface area contributed by atoms with Gasteiger partial charge in [0, 0.05) is 26.4 Å². The summed E-state index contributed by atoms with van der Waals surface area (Å²) in [6.45, 7) is 2.80. The Balaban J connectivity index is 1.49. The Morgan fingerprint density at radius 2 is 2.16 bits per heavy atom. The van der Waals surface area contributed by atoms with Crippen LogP contribution in [0.1, 0.15) is 40.7 Å². The number of likely N-dealkylation sites (tertiary alicyclic amines) is 1. The number of benzene rings is 1. The number of hydrogen-bond donors (Lipinski definition) is 2. The minimum atomic E-state index is -0.921. The second kappa shape index (κ2) is 9.67. The number of hydrogen-bond acceptors (Lipinski definition) is 8. The highest BCUT2D eigenvalue weighted by atomic mass is 16.5. The van der Waals surface area contributed by atoms with Crippen LogP contribution in [0, 0.1) is 0 Å². The van der Waals surface area contributed by atoms with Crippen molar-refractivity contribution >= 4 is 11.8 Å². The lowest BCUT2D eigenvalue weighted by Crippen LogP contribution is -2.23. The summed E-state index contributed by atoms with van der Waals surface area (Å²) in [5.41, 5.74) is 2.12. The van der Waals surface area contributed by atoms with Gasteiger partial charge in [0.1, 0.15) is 5.82 Å². The van der Waals surface area contributed by atoms with Crippen molar-refractivity contribution in [2.45, 2.75) is 25.4 Å². The van der Waals surface area contributed by atoms with E-state index >= 15 is 0 Å². The summed E-state index contributed by atoms with van der Waals surface area (Å²) >= 11 is 0. The second-order valence-electron chi connectivity index (χ2n) is 7.41. The number of anilines is 1. The van der Waals surface area contributed by atoms with Crippen LogP contribution in [0.25, 0.3) is 11.4 Å². The molecule has 1 atom stereocenters. The lowest BCUT2D eigenvalue weighted by molar-refractivity contribution is 0.0697. The average molecular weight is 423 g/mol. The molecule has 1 aliphatic heterocycles. The van der Waals surface area contributed by atoms with E-state index in [1.807, 2.05) is 24.3 Å². The van der Waals surface area contributed by atoms with E-state index in [2.05, 4.69) is 25.3 Å². The topological polar surface area (TPSA) is 114 Å². The first kappa shape index (κ1) is 21.0. The number of aromatic nitrogens is 3. The van der Waals surface area contributed by atoms with E-state index in [4.69, 9.17) is 14.4 Å². The van der Waals surface area contributed by atoms with Crippen molar-refractivity contribution in [3.63, 3.8) is 0 Å². The van der Waals surface area contributed by atoms with Gasteiger partial charge in [0.25, 0.3) is 0 Å². The van der Waals surface area contributed by atoms with Crippen LogP contribution in [0.2, 0.25) is 0 Å². The number of carbonyl (C=O) groups is 1. The Hall–Kier alpha value is -3.30. The van der Waals surface area contributed by atoms with E-state index in [9.17, 15) is 4.79 Å².